The lowest BCUT2D eigenvalue weighted by molar-refractivity contribution is -0.107. The van der Waals surface area contributed by atoms with Crippen molar-refractivity contribution in [2.75, 3.05) is 0 Å². The lowest BCUT2D eigenvalue weighted by Gasteiger charge is -2.02. The first-order valence-electron chi connectivity index (χ1n) is 9.49. The highest BCUT2D eigenvalue weighted by Gasteiger charge is 1.94. The molecule has 0 bridgehead atoms. The molecule has 0 rings (SSSR count). The van der Waals surface area contributed by atoms with Crippen molar-refractivity contribution in [1.82, 2.24) is 0 Å². The summed E-state index contributed by atoms with van der Waals surface area (Å²) in [6.45, 7) is 11.0. The summed E-state index contributed by atoms with van der Waals surface area (Å²) in [5.41, 5.74) is 5.86. The second-order valence-electron chi connectivity index (χ2n) is 7.15. The molecule has 0 aliphatic rings. The van der Waals surface area contributed by atoms with Crippen LogP contribution in [0.15, 0.2) is 46.6 Å². The SMILES string of the molecule is CC(C)=CCCC(C)=CCCC(C)=CCCC(C)=CCCCC=O. The van der Waals surface area contributed by atoms with Crippen LogP contribution in [-0.2, 0) is 4.79 Å². The summed E-state index contributed by atoms with van der Waals surface area (Å²) in [6, 6.07) is 0. The van der Waals surface area contributed by atoms with Crippen LogP contribution in [0.3, 0.4) is 0 Å². The zero-order chi connectivity index (χ0) is 18.2. The highest BCUT2D eigenvalue weighted by Crippen LogP contribution is 2.14. The Balaban J connectivity index is 3.94. The van der Waals surface area contributed by atoms with Crippen LogP contribution in [0.2, 0.25) is 0 Å². The molecule has 1 nitrogen and oxygen atoms in total. The Hall–Kier alpha value is -1.37. The van der Waals surface area contributed by atoms with Crippen molar-refractivity contribution in [1.29, 1.82) is 0 Å². The van der Waals surface area contributed by atoms with Gasteiger partial charge in [-0.2, -0.15) is 0 Å². The van der Waals surface area contributed by atoms with E-state index in [0.29, 0.717) is 6.42 Å². The third-order valence-corrected chi connectivity index (χ3v) is 4.17. The largest absolute Gasteiger partial charge is 0.303 e. The molecule has 0 aromatic heterocycles. The fourth-order valence-corrected chi connectivity index (χ4v) is 2.54. The van der Waals surface area contributed by atoms with Crippen LogP contribution in [0.1, 0.15) is 92.4 Å². The van der Waals surface area contributed by atoms with Gasteiger partial charge < -0.3 is 4.79 Å². The lowest BCUT2D eigenvalue weighted by Crippen LogP contribution is -1.82. The third-order valence-electron chi connectivity index (χ3n) is 4.17. The molecule has 24 heavy (non-hydrogen) atoms. The minimum atomic E-state index is 0.685. The molecular weight excluding hydrogens is 292 g/mol. The minimum absolute atomic E-state index is 0.685. The van der Waals surface area contributed by atoms with E-state index in [-0.39, 0.29) is 0 Å². The van der Waals surface area contributed by atoms with Gasteiger partial charge in [0, 0.05) is 6.42 Å². The Morgan fingerprint density at radius 2 is 1.00 bits per heavy atom. The molecule has 0 amide bonds. The summed E-state index contributed by atoms with van der Waals surface area (Å²) in [5, 5.41) is 0. The average Bonchev–Trinajstić information content (AvgIpc) is 2.51. The topological polar surface area (TPSA) is 17.1 Å². The van der Waals surface area contributed by atoms with Gasteiger partial charge in [0.2, 0.25) is 0 Å². The van der Waals surface area contributed by atoms with Crippen molar-refractivity contribution < 1.29 is 4.79 Å². The van der Waals surface area contributed by atoms with Gasteiger partial charge in [0.05, 0.1) is 0 Å². The molecule has 0 radical (unpaired) electrons. The van der Waals surface area contributed by atoms with Crippen molar-refractivity contribution in [3.8, 4) is 0 Å². The van der Waals surface area contributed by atoms with Crippen LogP contribution >= 0.6 is 0 Å². The Morgan fingerprint density at radius 1 is 0.583 bits per heavy atom. The van der Waals surface area contributed by atoms with Crippen LogP contribution in [0.5, 0.6) is 0 Å². The molecule has 0 saturated carbocycles. The van der Waals surface area contributed by atoms with Crippen LogP contribution in [0.4, 0.5) is 0 Å². The van der Waals surface area contributed by atoms with E-state index in [0.717, 1.165) is 44.8 Å². The number of hydrogen-bond acceptors (Lipinski definition) is 1. The van der Waals surface area contributed by atoms with Crippen molar-refractivity contribution in [2.45, 2.75) is 92.4 Å². The molecule has 136 valence electrons. The summed E-state index contributed by atoms with van der Waals surface area (Å²) >= 11 is 0. The van der Waals surface area contributed by atoms with Gasteiger partial charge in [-0.15, -0.1) is 0 Å². The highest BCUT2D eigenvalue weighted by molar-refractivity contribution is 5.49. The number of allylic oxidation sites excluding steroid dienone is 8. The molecule has 0 aliphatic carbocycles. The number of unbranched alkanes of at least 4 members (excludes halogenated alkanes) is 2. The number of aldehydes is 1. The van der Waals surface area contributed by atoms with E-state index in [9.17, 15) is 4.79 Å². The smallest absolute Gasteiger partial charge is 0.120 e. The fraction of sp³-hybridized carbons (Fsp3) is 0.609. The van der Waals surface area contributed by atoms with E-state index in [1.807, 2.05) is 0 Å². The van der Waals surface area contributed by atoms with E-state index in [4.69, 9.17) is 0 Å². The van der Waals surface area contributed by atoms with Gasteiger partial charge in [-0.3, -0.25) is 0 Å². The molecule has 0 aromatic carbocycles. The predicted octanol–water partition coefficient (Wildman–Crippen LogP) is 7.50. The average molecular weight is 331 g/mol. The van der Waals surface area contributed by atoms with E-state index < -0.39 is 0 Å². The van der Waals surface area contributed by atoms with Crippen molar-refractivity contribution in [3.63, 3.8) is 0 Å². The first kappa shape index (κ1) is 22.6. The van der Waals surface area contributed by atoms with Crippen LogP contribution in [0, 0.1) is 0 Å². The molecule has 0 heterocycles. The Bertz CT molecular complexity index is 456. The third kappa shape index (κ3) is 15.5. The quantitative estimate of drug-likeness (QED) is 0.194. The molecule has 0 aliphatic heterocycles. The van der Waals surface area contributed by atoms with Gasteiger partial charge in [0.25, 0.3) is 0 Å². The fourth-order valence-electron chi connectivity index (χ4n) is 2.54. The number of carbonyl (C=O) groups excluding carboxylic acids is 1. The standard InChI is InChI=1S/C23H38O/c1-20(2)12-9-14-22(4)16-11-18-23(5)17-10-15-21(3)13-7-6-8-19-24/h12-13,16-17,19H,6-11,14-15,18H2,1-5H3. The van der Waals surface area contributed by atoms with Gasteiger partial charge in [0.15, 0.2) is 0 Å². The summed E-state index contributed by atoms with van der Waals surface area (Å²) in [7, 11) is 0. The molecule has 0 atom stereocenters. The number of hydrogen-bond donors (Lipinski definition) is 0. The maximum atomic E-state index is 10.3. The van der Waals surface area contributed by atoms with Gasteiger partial charge in [-0.05, 0) is 86.0 Å². The van der Waals surface area contributed by atoms with Gasteiger partial charge >= 0.3 is 0 Å². The highest BCUT2D eigenvalue weighted by atomic mass is 16.1. The first-order chi connectivity index (χ1) is 11.5. The van der Waals surface area contributed by atoms with E-state index in [1.165, 1.54) is 35.1 Å². The molecule has 0 spiro atoms. The molecule has 0 N–H and O–H groups in total. The molecule has 0 aromatic rings. The Kier molecular flexibility index (Phi) is 14.3. The normalized spacial score (nSPS) is 13.1. The van der Waals surface area contributed by atoms with E-state index in [2.05, 4.69) is 58.9 Å². The molecule has 1 heteroatoms. The predicted molar refractivity (Wildman–Crippen MR) is 108 cm³/mol. The summed E-state index contributed by atoms with van der Waals surface area (Å²) in [5.74, 6) is 0. The second-order valence-corrected chi connectivity index (χ2v) is 7.15. The summed E-state index contributed by atoms with van der Waals surface area (Å²) in [6.07, 6.45) is 20.0. The molecular formula is C23H38O. The summed E-state index contributed by atoms with van der Waals surface area (Å²) in [4.78, 5) is 10.3. The lowest BCUT2D eigenvalue weighted by atomic mass is 10.0. The zero-order valence-corrected chi connectivity index (χ0v) is 16.7. The number of rotatable bonds is 13. The zero-order valence-electron chi connectivity index (χ0n) is 16.7. The van der Waals surface area contributed by atoms with Crippen LogP contribution < -0.4 is 0 Å². The van der Waals surface area contributed by atoms with Crippen LogP contribution in [-0.4, -0.2) is 6.29 Å². The maximum absolute atomic E-state index is 10.3. The minimum Gasteiger partial charge on any atom is -0.303 e. The Labute approximate surface area is 150 Å². The number of carbonyl (C=O) groups is 1. The van der Waals surface area contributed by atoms with Crippen LogP contribution in [0.25, 0.3) is 0 Å². The first-order valence-corrected chi connectivity index (χ1v) is 9.49. The van der Waals surface area contributed by atoms with Gasteiger partial charge in [0.1, 0.15) is 6.29 Å². The monoisotopic (exact) mass is 330 g/mol. The van der Waals surface area contributed by atoms with Crippen molar-refractivity contribution in [3.05, 3.63) is 46.6 Å². The molecule has 0 saturated heterocycles. The van der Waals surface area contributed by atoms with Gasteiger partial charge in [-0.25, -0.2) is 0 Å². The van der Waals surface area contributed by atoms with Crippen molar-refractivity contribution in [2.24, 2.45) is 0 Å². The van der Waals surface area contributed by atoms with Gasteiger partial charge in [-0.1, -0.05) is 46.6 Å². The summed E-state index contributed by atoms with van der Waals surface area (Å²) < 4.78 is 0. The maximum Gasteiger partial charge on any atom is 0.120 e. The molecule has 0 unspecified atom stereocenters. The van der Waals surface area contributed by atoms with Crippen molar-refractivity contribution >= 4 is 6.29 Å². The second kappa shape index (κ2) is 15.2. The molecule has 0 fully saturated rings. The Morgan fingerprint density at radius 3 is 1.42 bits per heavy atom. The van der Waals surface area contributed by atoms with E-state index >= 15 is 0 Å². The van der Waals surface area contributed by atoms with E-state index in [1.54, 1.807) is 0 Å².